The lowest BCUT2D eigenvalue weighted by atomic mass is 10.5. The lowest BCUT2D eigenvalue weighted by Gasteiger charge is -1.81. The van der Waals surface area contributed by atoms with Crippen LogP contribution < -0.4 is 0 Å². The SMILES string of the molecule is [C-]#[N+]CCc1ncc(Br)s1. The molecule has 1 aromatic heterocycles. The van der Waals surface area contributed by atoms with Gasteiger partial charge in [0.25, 0.3) is 0 Å². The summed E-state index contributed by atoms with van der Waals surface area (Å²) >= 11 is 4.89. The molecule has 1 rings (SSSR count). The van der Waals surface area contributed by atoms with Crippen LogP contribution in [0.2, 0.25) is 0 Å². The molecule has 0 aliphatic heterocycles. The lowest BCUT2D eigenvalue weighted by Crippen LogP contribution is -1.83. The van der Waals surface area contributed by atoms with E-state index in [2.05, 4.69) is 25.8 Å². The van der Waals surface area contributed by atoms with Crippen molar-refractivity contribution >= 4 is 27.3 Å². The second-order valence-electron chi connectivity index (χ2n) is 1.69. The van der Waals surface area contributed by atoms with Crippen molar-refractivity contribution in [1.29, 1.82) is 0 Å². The van der Waals surface area contributed by atoms with Crippen molar-refractivity contribution < 1.29 is 0 Å². The van der Waals surface area contributed by atoms with E-state index in [-0.39, 0.29) is 0 Å². The van der Waals surface area contributed by atoms with E-state index in [0.29, 0.717) is 6.54 Å². The third-order valence-electron chi connectivity index (χ3n) is 0.963. The van der Waals surface area contributed by atoms with E-state index in [4.69, 9.17) is 6.57 Å². The molecule has 1 heterocycles. The molecule has 0 spiro atoms. The highest BCUT2D eigenvalue weighted by Crippen LogP contribution is 2.19. The Balaban J connectivity index is 2.52. The summed E-state index contributed by atoms with van der Waals surface area (Å²) in [6.45, 7) is 7.09. The van der Waals surface area contributed by atoms with Crippen molar-refractivity contribution in [3.8, 4) is 0 Å². The monoisotopic (exact) mass is 216 g/mol. The van der Waals surface area contributed by atoms with Crippen LogP contribution in [0.3, 0.4) is 0 Å². The third kappa shape index (κ3) is 2.09. The standard InChI is InChI=1S/C6H5BrN2S/c1-8-3-2-6-9-4-5(7)10-6/h4H,2-3H2. The Bertz CT molecular complexity index is 250. The number of rotatable bonds is 2. The molecule has 0 radical (unpaired) electrons. The zero-order chi connectivity index (χ0) is 7.40. The predicted molar refractivity (Wildman–Crippen MR) is 45.0 cm³/mol. The van der Waals surface area contributed by atoms with Gasteiger partial charge >= 0.3 is 0 Å². The minimum Gasteiger partial charge on any atom is -0.316 e. The number of hydrogen-bond acceptors (Lipinski definition) is 2. The second-order valence-corrected chi connectivity index (χ2v) is 4.18. The number of nitrogens with zero attached hydrogens (tertiary/aromatic N) is 2. The van der Waals surface area contributed by atoms with Gasteiger partial charge in [-0.3, -0.25) is 0 Å². The topological polar surface area (TPSA) is 17.2 Å². The molecule has 0 amide bonds. The van der Waals surface area contributed by atoms with Crippen LogP contribution in [0, 0.1) is 6.57 Å². The molecule has 1 aromatic rings. The molecule has 0 aliphatic rings. The number of aromatic nitrogens is 1. The molecule has 0 aromatic carbocycles. The molecular weight excluding hydrogens is 212 g/mol. The van der Waals surface area contributed by atoms with Crippen molar-refractivity contribution in [2.45, 2.75) is 6.42 Å². The Morgan fingerprint density at radius 2 is 2.60 bits per heavy atom. The van der Waals surface area contributed by atoms with Gasteiger partial charge in [-0.05, 0) is 15.9 Å². The molecule has 0 saturated heterocycles. The van der Waals surface area contributed by atoms with Crippen LogP contribution in [0.15, 0.2) is 9.98 Å². The Morgan fingerprint density at radius 3 is 3.10 bits per heavy atom. The highest BCUT2D eigenvalue weighted by Gasteiger charge is 1.99. The van der Waals surface area contributed by atoms with Crippen LogP contribution >= 0.6 is 27.3 Å². The van der Waals surface area contributed by atoms with Gasteiger partial charge in [0.05, 0.1) is 16.4 Å². The average Bonchev–Trinajstić information content (AvgIpc) is 2.31. The fourth-order valence-corrected chi connectivity index (χ4v) is 1.85. The first kappa shape index (κ1) is 7.70. The summed E-state index contributed by atoms with van der Waals surface area (Å²) in [5.74, 6) is 0. The smallest absolute Gasteiger partial charge is 0.221 e. The van der Waals surface area contributed by atoms with E-state index >= 15 is 0 Å². The summed E-state index contributed by atoms with van der Waals surface area (Å²) in [6, 6.07) is 0. The summed E-state index contributed by atoms with van der Waals surface area (Å²) in [5.41, 5.74) is 0. The van der Waals surface area contributed by atoms with Gasteiger partial charge in [-0.25, -0.2) is 11.6 Å². The van der Waals surface area contributed by atoms with E-state index in [0.717, 1.165) is 15.2 Å². The Hall–Kier alpha value is -0.400. The minimum absolute atomic E-state index is 0.542. The van der Waals surface area contributed by atoms with Crippen molar-refractivity contribution in [3.05, 3.63) is 26.4 Å². The first-order valence-corrected chi connectivity index (χ1v) is 4.37. The number of thiazole rings is 1. The van der Waals surface area contributed by atoms with E-state index in [1.165, 1.54) is 0 Å². The molecule has 0 fully saturated rings. The Kier molecular flexibility index (Phi) is 2.84. The first-order valence-electron chi connectivity index (χ1n) is 2.76. The molecule has 4 heteroatoms. The highest BCUT2D eigenvalue weighted by atomic mass is 79.9. The molecule has 0 atom stereocenters. The summed E-state index contributed by atoms with van der Waals surface area (Å²) in [7, 11) is 0. The van der Waals surface area contributed by atoms with Crippen molar-refractivity contribution in [1.82, 2.24) is 4.98 Å². The van der Waals surface area contributed by atoms with Crippen LogP contribution in [0.1, 0.15) is 5.01 Å². The average molecular weight is 217 g/mol. The number of hydrogen-bond donors (Lipinski definition) is 0. The van der Waals surface area contributed by atoms with Gasteiger partial charge in [0.2, 0.25) is 6.54 Å². The summed E-state index contributed by atoms with van der Waals surface area (Å²) in [6.07, 6.45) is 2.55. The third-order valence-corrected chi connectivity index (χ3v) is 2.50. The molecule has 0 aliphatic carbocycles. The van der Waals surface area contributed by atoms with Crippen LogP contribution in [0.5, 0.6) is 0 Å². The maximum Gasteiger partial charge on any atom is 0.221 e. The van der Waals surface area contributed by atoms with Gasteiger partial charge < -0.3 is 4.85 Å². The van der Waals surface area contributed by atoms with Crippen molar-refractivity contribution in [3.63, 3.8) is 0 Å². The Morgan fingerprint density at radius 1 is 1.80 bits per heavy atom. The van der Waals surface area contributed by atoms with Crippen molar-refractivity contribution in [2.24, 2.45) is 0 Å². The molecular formula is C6H5BrN2S. The summed E-state index contributed by atoms with van der Waals surface area (Å²) < 4.78 is 1.03. The lowest BCUT2D eigenvalue weighted by molar-refractivity contribution is 1.05. The fraction of sp³-hybridized carbons (Fsp3) is 0.333. The quantitative estimate of drug-likeness (QED) is 0.695. The molecule has 0 unspecified atom stereocenters. The van der Waals surface area contributed by atoms with Crippen LogP contribution in [-0.2, 0) is 6.42 Å². The minimum atomic E-state index is 0.542. The van der Waals surface area contributed by atoms with E-state index in [1.807, 2.05) is 0 Å². The second kappa shape index (κ2) is 3.69. The van der Waals surface area contributed by atoms with Crippen LogP contribution in [-0.4, -0.2) is 11.5 Å². The summed E-state index contributed by atoms with van der Waals surface area (Å²) in [4.78, 5) is 7.32. The Labute approximate surface area is 71.9 Å². The number of halogens is 1. The first-order chi connectivity index (χ1) is 4.83. The molecule has 2 nitrogen and oxygen atoms in total. The fourth-order valence-electron chi connectivity index (χ4n) is 0.555. The van der Waals surface area contributed by atoms with E-state index < -0.39 is 0 Å². The molecule has 0 bridgehead atoms. The van der Waals surface area contributed by atoms with Crippen molar-refractivity contribution in [2.75, 3.05) is 6.54 Å². The van der Waals surface area contributed by atoms with Crippen LogP contribution in [0.4, 0.5) is 0 Å². The van der Waals surface area contributed by atoms with Gasteiger partial charge in [0.15, 0.2) is 0 Å². The van der Waals surface area contributed by atoms with Crippen LogP contribution in [0.25, 0.3) is 4.85 Å². The zero-order valence-electron chi connectivity index (χ0n) is 5.17. The van der Waals surface area contributed by atoms with E-state index in [9.17, 15) is 0 Å². The van der Waals surface area contributed by atoms with Gasteiger partial charge in [0.1, 0.15) is 5.01 Å². The van der Waals surface area contributed by atoms with Gasteiger partial charge in [0, 0.05) is 0 Å². The van der Waals surface area contributed by atoms with Gasteiger partial charge in [-0.1, -0.05) is 0 Å². The molecule has 52 valence electrons. The maximum absolute atomic E-state index is 6.55. The zero-order valence-corrected chi connectivity index (χ0v) is 7.57. The maximum atomic E-state index is 6.55. The van der Waals surface area contributed by atoms with Gasteiger partial charge in [-0.15, -0.1) is 11.3 Å². The molecule has 0 N–H and O–H groups in total. The largest absolute Gasteiger partial charge is 0.316 e. The van der Waals surface area contributed by atoms with Gasteiger partial charge in [-0.2, -0.15) is 0 Å². The summed E-state index contributed by atoms with van der Waals surface area (Å²) in [5, 5.41) is 1.03. The highest BCUT2D eigenvalue weighted by molar-refractivity contribution is 9.11. The normalized spacial score (nSPS) is 9.20. The molecule has 10 heavy (non-hydrogen) atoms. The predicted octanol–water partition coefficient (Wildman–Crippen LogP) is 2.37. The molecule has 0 saturated carbocycles. The van der Waals surface area contributed by atoms with E-state index in [1.54, 1.807) is 17.5 Å².